The monoisotopic (exact) mass is 602 g/mol. The molecule has 0 saturated carbocycles. The Bertz CT molecular complexity index is 1630. The molecule has 0 radical (unpaired) electrons. The molecule has 3 aliphatic heterocycles. The van der Waals surface area contributed by atoms with Crippen molar-refractivity contribution in [2.45, 2.75) is 56.3 Å². The van der Waals surface area contributed by atoms with Crippen LogP contribution in [0.3, 0.4) is 0 Å². The molecule has 13 heteroatoms. The molecule has 11 nitrogen and oxygen atoms in total. The van der Waals surface area contributed by atoms with E-state index < -0.39 is 6.17 Å². The zero-order valence-corrected chi connectivity index (χ0v) is 25.4. The average Bonchev–Trinajstić information content (AvgIpc) is 3.64. The average molecular weight is 603 g/mol. The van der Waals surface area contributed by atoms with Crippen LogP contribution in [0.2, 0.25) is 0 Å². The summed E-state index contributed by atoms with van der Waals surface area (Å²) >= 11 is 1.36. The number of ether oxygens (including phenoxy) is 1. The molecular formula is C30H35FN10OS. The number of rotatable bonds is 8. The van der Waals surface area contributed by atoms with Crippen molar-refractivity contribution in [2.24, 2.45) is 0 Å². The van der Waals surface area contributed by atoms with Crippen molar-refractivity contribution in [3.05, 3.63) is 46.0 Å². The molecule has 0 aliphatic carbocycles. The maximum Gasteiger partial charge on any atom is 0.320 e. The summed E-state index contributed by atoms with van der Waals surface area (Å²) in [5, 5.41) is 22.6. The third-order valence-corrected chi connectivity index (χ3v) is 10.2. The van der Waals surface area contributed by atoms with Crippen LogP contribution in [0.4, 0.5) is 26.8 Å². The van der Waals surface area contributed by atoms with Crippen molar-refractivity contribution in [2.75, 3.05) is 61.1 Å². The number of nitrogens with two attached hydrogens (primary N) is 2. The number of nitriles is 2. The van der Waals surface area contributed by atoms with Gasteiger partial charge in [-0.05, 0) is 43.3 Å². The first-order valence-corrected chi connectivity index (χ1v) is 15.3. The summed E-state index contributed by atoms with van der Waals surface area (Å²) in [5.74, 6) is 1.26. The van der Waals surface area contributed by atoms with Crippen molar-refractivity contribution in [1.82, 2.24) is 19.9 Å². The molecule has 4 N–H and O–H groups in total. The van der Waals surface area contributed by atoms with Gasteiger partial charge in [0.1, 0.15) is 41.3 Å². The highest BCUT2D eigenvalue weighted by molar-refractivity contribution is 7.14. The molecule has 0 aromatic carbocycles. The van der Waals surface area contributed by atoms with Crippen molar-refractivity contribution in [3.63, 3.8) is 0 Å². The van der Waals surface area contributed by atoms with E-state index in [1.165, 1.54) is 11.3 Å². The maximum absolute atomic E-state index is 14.4. The molecule has 43 heavy (non-hydrogen) atoms. The number of pyridine rings is 1. The van der Waals surface area contributed by atoms with Crippen LogP contribution >= 0.6 is 11.3 Å². The summed E-state index contributed by atoms with van der Waals surface area (Å²) in [6, 6.07) is 8.17. The van der Waals surface area contributed by atoms with E-state index >= 15 is 0 Å². The molecule has 224 valence electrons. The van der Waals surface area contributed by atoms with Crippen LogP contribution in [-0.2, 0) is 5.41 Å². The quantitative estimate of drug-likeness (QED) is 0.387. The predicted molar refractivity (Wildman–Crippen MR) is 164 cm³/mol. The van der Waals surface area contributed by atoms with Crippen LogP contribution in [0.15, 0.2) is 23.7 Å². The highest BCUT2D eigenvalue weighted by Crippen LogP contribution is 2.45. The molecule has 3 aromatic rings. The minimum atomic E-state index is -0.878. The van der Waals surface area contributed by atoms with Gasteiger partial charge in [0.2, 0.25) is 0 Å². The van der Waals surface area contributed by atoms with Crippen LogP contribution in [0.5, 0.6) is 6.01 Å². The normalized spacial score (nSPS) is 23.2. The number of anilines is 4. The fraction of sp³-hybridized carbons (Fsp3) is 0.500. The first kappa shape index (κ1) is 28.9. The van der Waals surface area contributed by atoms with Crippen molar-refractivity contribution in [3.8, 4) is 18.1 Å². The molecule has 0 bridgehead atoms. The Balaban J connectivity index is 1.36. The zero-order chi connectivity index (χ0) is 30.5. The van der Waals surface area contributed by atoms with E-state index in [9.17, 15) is 14.9 Å². The second-order valence-electron chi connectivity index (χ2n) is 12.2. The number of aromatic nitrogens is 3. The second-order valence-corrected chi connectivity index (χ2v) is 13.1. The number of hydrogen-bond acceptors (Lipinski definition) is 12. The van der Waals surface area contributed by atoms with E-state index in [0.717, 1.165) is 30.5 Å². The van der Waals surface area contributed by atoms with Crippen molar-refractivity contribution < 1.29 is 9.13 Å². The van der Waals surface area contributed by atoms with Gasteiger partial charge in [-0.25, -0.2) is 9.37 Å². The Morgan fingerprint density at radius 2 is 2.02 bits per heavy atom. The molecule has 0 amide bonds. The van der Waals surface area contributed by atoms with Gasteiger partial charge in [0, 0.05) is 50.3 Å². The zero-order valence-electron chi connectivity index (χ0n) is 24.5. The predicted octanol–water partition coefficient (Wildman–Crippen LogP) is 3.77. The molecule has 6 rings (SSSR count). The van der Waals surface area contributed by atoms with Gasteiger partial charge >= 0.3 is 6.01 Å². The van der Waals surface area contributed by atoms with E-state index in [-0.39, 0.29) is 29.6 Å². The minimum absolute atomic E-state index is 0.136. The summed E-state index contributed by atoms with van der Waals surface area (Å²) in [6.45, 7) is 6.65. The number of hydrogen-bond donors (Lipinski definition) is 2. The van der Waals surface area contributed by atoms with Crippen molar-refractivity contribution in [1.29, 1.82) is 10.5 Å². The second kappa shape index (κ2) is 10.8. The van der Waals surface area contributed by atoms with E-state index in [2.05, 4.69) is 28.9 Å². The van der Waals surface area contributed by atoms with Crippen LogP contribution in [0, 0.1) is 22.7 Å². The lowest BCUT2D eigenvalue weighted by molar-refractivity contribution is 0.107. The number of nitrogens with zero attached hydrogens (tertiary/aromatic N) is 8. The van der Waals surface area contributed by atoms with E-state index in [4.69, 9.17) is 26.2 Å². The van der Waals surface area contributed by atoms with Crippen LogP contribution < -0.4 is 26.0 Å². The van der Waals surface area contributed by atoms with Gasteiger partial charge in [0.05, 0.1) is 17.1 Å². The number of fused-ring (bicyclic) bond motifs is 1. The van der Waals surface area contributed by atoms with Crippen LogP contribution in [0.1, 0.15) is 61.4 Å². The highest BCUT2D eigenvalue weighted by atomic mass is 32.1. The SMILES string of the molecule is C[C@H](c1cccnc1N)N(C)c1nc(OC[C@@]23CCCN2C[C@H](F)C3)nc(N2CC(C)(c3csc(N)c3C#N)C2)c1C#N. The molecule has 0 unspecified atom stereocenters. The smallest absolute Gasteiger partial charge is 0.320 e. The van der Waals surface area contributed by atoms with Crippen molar-refractivity contribution >= 4 is 33.8 Å². The summed E-state index contributed by atoms with van der Waals surface area (Å²) in [4.78, 5) is 19.8. The third-order valence-electron chi connectivity index (χ3n) is 9.39. The molecular weight excluding hydrogens is 567 g/mol. The maximum atomic E-state index is 14.4. The third kappa shape index (κ3) is 4.86. The summed E-state index contributed by atoms with van der Waals surface area (Å²) in [5.41, 5.74) is 14.1. The molecule has 6 heterocycles. The van der Waals surface area contributed by atoms with E-state index in [0.29, 0.717) is 59.6 Å². The van der Waals surface area contributed by atoms with Crippen LogP contribution in [0.25, 0.3) is 0 Å². The van der Waals surface area contributed by atoms with Crippen LogP contribution in [-0.4, -0.2) is 71.4 Å². The Labute approximate surface area is 254 Å². The van der Waals surface area contributed by atoms with Gasteiger partial charge in [0.15, 0.2) is 11.6 Å². The minimum Gasteiger partial charge on any atom is -0.461 e. The van der Waals surface area contributed by atoms with Gasteiger partial charge in [-0.2, -0.15) is 20.5 Å². The first-order chi connectivity index (χ1) is 20.6. The van der Waals surface area contributed by atoms with Gasteiger partial charge in [-0.3, -0.25) is 4.90 Å². The molecule has 3 saturated heterocycles. The largest absolute Gasteiger partial charge is 0.461 e. The Hall–Kier alpha value is -4.20. The van der Waals surface area contributed by atoms with Gasteiger partial charge in [-0.15, -0.1) is 11.3 Å². The van der Waals surface area contributed by atoms with E-state index in [1.807, 2.05) is 41.3 Å². The number of nitrogen functional groups attached to an aromatic ring is 2. The number of halogens is 1. The van der Waals surface area contributed by atoms with Gasteiger partial charge < -0.3 is 26.0 Å². The summed E-state index contributed by atoms with van der Waals surface area (Å²) < 4.78 is 20.7. The number of thiophene rings is 1. The van der Waals surface area contributed by atoms with Gasteiger partial charge in [-0.1, -0.05) is 13.0 Å². The van der Waals surface area contributed by atoms with E-state index in [1.54, 1.807) is 6.20 Å². The molecule has 3 aliphatic rings. The lowest BCUT2D eigenvalue weighted by atomic mass is 9.75. The Morgan fingerprint density at radius 1 is 1.26 bits per heavy atom. The first-order valence-electron chi connectivity index (χ1n) is 14.4. The molecule has 3 atom stereocenters. The summed E-state index contributed by atoms with van der Waals surface area (Å²) in [6.07, 6.45) is 3.04. The topological polar surface area (TPSA) is 157 Å². The Kier molecular flexibility index (Phi) is 7.27. The molecule has 3 aromatic heterocycles. The molecule has 3 fully saturated rings. The highest BCUT2D eigenvalue weighted by Gasteiger charge is 2.50. The standard InChI is InChI=1S/C30H35FN10OS/c1-18(20-6-4-8-36-24(20)34)39(3)26-22(12-33)27(40-15-29(2,16-40)23-14-43-25(35)21(23)11-32)38-28(37-26)42-17-30-7-5-9-41(30)13-19(31)10-30/h4,6,8,14,18-19H,5,7,9-10,13,15-17,35H2,1-3H3,(H2,34,36)/t18-,19-,30+/m1/s1. The fourth-order valence-electron chi connectivity index (χ4n) is 6.94. The number of alkyl halides is 1. The Morgan fingerprint density at radius 3 is 2.74 bits per heavy atom. The molecule has 0 spiro atoms. The lowest BCUT2D eigenvalue weighted by Crippen LogP contribution is -2.58. The lowest BCUT2D eigenvalue weighted by Gasteiger charge is -2.49. The fourth-order valence-corrected chi connectivity index (χ4v) is 7.86. The van der Waals surface area contributed by atoms with Gasteiger partial charge in [0.25, 0.3) is 0 Å². The summed E-state index contributed by atoms with van der Waals surface area (Å²) in [7, 11) is 1.85.